The lowest BCUT2D eigenvalue weighted by Gasteiger charge is -2.14. The third-order valence-corrected chi connectivity index (χ3v) is 5.45. The minimum absolute atomic E-state index is 0.145. The number of pyridine rings is 1. The van der Waals surface area contributed by atoms with Crippen LogP contribution in [0.5, 0.6) is 0 Å². The second kappa shape index (κ2) is 6.50. The van der Waals surface area contributed by atoms with Crippen LogP contribution >= 0.6 is 11.3 Å². The molecule has 2 aromatic heterocycles. The van der Waals surface area contributed by atoms with Crippen LogP contribution in [-0.4, -0.2) is 24.9 Å². The number of hydrogen-bond acceptors (Lipinski definition) is 6. The van der Waals surface area contributed by atoms with Gasteiger partial charge < -0.3 is 5.32 Å². The lowest BCUT2D eigenvalue weighted by atomic mass is 10.4. The Labute approximate surface area is 128 Å². The summed E-state index contributed by atoms with van der Waals surface area (Å²) in [6, 6.07) is 1.26. The SMILES string of the molecule is CCNc1ccncc1S(=O)(=O)NC(C)c1ncc(C)s1. The molecule has 0 aliphatic rings. The molecule has 21 heavy (non-hydrogen) atoms. The summed E-state index contributed by atoms with van der Waals surface area (Å²) >= 11 is 1.48. The summed E-state index contributed by atoms with van der Waals surface area (Å²) in [6.07, 6.45) is 4.64. The Kier molecular flexibility index (Phi) is 4.92. The maximum absolute atomic E-state index is 12.5. The van der Waals surface area contributed by atoms with Crippen molar-refractivity contribution in [3.8, 4) is 0 Å². The molecule has 2 aromatic rings. The van der Waals surface area contributed by atoms with E-state index in [4.69, 9.17) is 0 Å². The highest BCUT2D eigenvalue weighted by Gasteiger charge is 2.23. The fourth-order valence-electron chi connectivity index (χ4n) is 1.85. The van der Waals surface area contributed by atoms with Gasteiger partial charge >= 0.3 is 0 Å². The average molecular weight is 326 g/mol. The molecule has 1 atom stereocenters. The first-order chi connectivity index (χ1) is 9.94. The molecular weight excluding hydrogens is 308 g/mol. The number of aromatic nitrogens is 2. The fourth-order valence-corrected chi connectivity index (χ4v) is 4.03. The molecule has 0 amide bonds. The van der Waals surface area contributed by atoms with Crippen LogP contribution in [0.2, 0.25) is 0 Å². The number of sulfonamides is 1. The van der Waals surface area contributed by atoms with Gasteiger partial charge in [-0.2, -0.15) is 0 Å². The Morgan fingerprint density at radius 1 is 1.38 bits per heavy atom. The molecule has 0 saturated heterocycles. The molecule has 0 aromatic carbocycles. The van der Waals surface area contributed by atoms with Crippen LogP contribution in [0.25, 0.3) is 0 Å². The first kappa shape index (κ1) is 15.9. The standard InChI is InChI=1S/C13H18N4O2S2/c1-4-15-11-5-6-14-8-12(11)21(18,19)17-10(3)13-16-7-9(2)20-13/h5-8,10,17H,4H2,1-3H3,(H,14,15). The fraction of sp³-hybridized carbons (Fsp3) is 0.385. The van der Waals surface area contributed by atoms with E-state index >= 15 is 0 Å². The maximum atomic E-state index is 12.5. The largest absolute Gasteiger partial charge is 0.384 e. The van der Waals surface area contributed by atoms with E-state index in [2.05, 4.69) is 20.0 Å². The summed E-state index contributed by atoms with van der Waals surface area (Å²) in [5, 5.41) is 3.77. The molecular formula is C13H18N4O2S2. The monoisotopic (exact) mass is 326 g/mol. The van der Waals surface area contributed by atoms with E-state index in [9.17, 15) is 8.42 Å². The van der Waals surface area contributed by atoms with Crippen molar-refractivity contribution >= 4 is 27.0 Å². The average Bonchev–Trinajstić information content (AvgIpc) is 2.86. The van der Waals surface area contributed by atoms with Crippen LogP contribution in [0.15, 0.2) is 29.6 Å². The van der Waals surface area contributed by atoms with Gasteiger partial charge in [0.1, 0.15) is 9.90 Å². The number of nitrogens with zero attached hydrogens (tertiary/aromatic N) is 2. The van der Waals surface area contributed by atoms with Crippen molar-refractivity contribution in [3.63, 3.8) is 0 Å². The topological polar surface area (TPSA) is 84.0 Å². The van der Waals surface area contributed by atoms with Gasteiger partial charge in [-0.15, -0.1) is 11.3 Å². The Morgan fingerprint density at radius 2 is 2.14 bits per heavy atom. The van der Waals surface area contributed by atoms with Crippen molar-refractivity contribution in [2.24, 2.45) is 0 Å². The van der Waals surface area contributed by atoms with E-state index in [1.54, 1.807) is 25.4 Å². The van der Waals surface area contributed by atoms with E-state index in [1.165, 1.54) is 17.5 Å². The third-order valence-electron chi connectivity index (χ3n) is 2.78. The Hall–Kier alpha value is -1.51. The molecule has 1 unspecified atom stereocenters. The number of anilines is 1. The van der Waals surface area contributed by atoms with Crippen LogP contribution < -0.4 is 10.0 Å². The van der Waals surface area contributed by atoms with Crippen molar-refractivity contribution in [2.45, 2.75) is 31.7 Å². The number of thiazole rings is 1. The van der Waals surface area contributed by atoms with Crippen LogP contribution in [0.3, 0.4) is 0 Å². The molecule has 0 aliphatic carbocycles. The summed E-state index contributed by atoms with van der Waals surface area (Å²) in [5.41, 5.74) is 0.544. The Balaban J connectivity index is 2.26. The minimum Gasteiger partial charge on any atom is -0.384 e. The number of hydrogen-bond donors (Lipinski definition) is 2. The van der Waals surface area contributed by atoms with Crippen LogP contribution in [0.4, 0.5) is 5.69 Å². The van der Waals surface area contributed by atoms with Crippen molar-refractivity contribution in [2.75, 3.05) is 11.9 Å². The van der Waals surface area contributed by atoms with Crippen LogP contribution in [-0.2, 0) is 10.0 Å². The summed E-state index contributed by atoms with van der Waals surface area (Å²) in [6.45, 7) is 6.25. The van der Waals surface area contributed by atoms with Gasteiger partial charge in [-0.05, 0) is 26.8 Å². The van der Waals surface area contributed by atoms with Crippen molar-refractivity contribution in [1.29, 1.82) is 0 Å². The second-order valence-corrected chi connectivity index (χ2v) is 7.50. The molecule has 6 nitrogen and oxygen atoms in total. The van der Waals surface area contributed by atoms with Crippen molar-refractivity contribution in [1.82, 2.24) is 14.7 Å². The minimum atomic E-state index is -3.66. The number of rotatable bonds is 6. The quantitative estimate of drug-likeness (QED) is 0.851. The molecule has 114 valence electrons. The van der Waals surface area contributed by atoms with Crippen LogP contribution in [0, 0.1) is 6.92 Å². The van der Waals surface area contributed by atoms with Gasteiger partial charge in [-0.1, -0.05) is 0 Å². The molecule has 2 heterocycles. The van der Waals surface area contributed by atoms with Gasteiger partial charge in [0.25, 0.3) is 0 Å². The third kappa shape index (κ3) is 3.78. The zero-order valence-electron chi connectivity index (χ0n) is 12.1. The highest BCUT2D eigenvalue weighted by Crippen LogP contribution is 2.24. The molecule has 0 spiro atoms. The van der Waals surface area contributed by atoms with E-state index in [1.807, 2.05) is 13.8 Å². The van der Waals surface area contributed by atoms with Crippen molar-refractivity contribution in [3.05, 3.63) is 34.5 Å². The van der Waals surface area contributed by atoms with Gasteiger partial charge in [-0.3, -0.25) is 4.98 Å². The summed E-state index contributed by atoms with van der Waals surface area (Å²) in [4.78, 5) is 9.31. The number of aryl methyl sites for hydroxylation is 1. The van der Waals surface area contributed by atoms with Crippen LogP contribution in [0.1, 0.15) is 29.8 Å². The van der Waals surface area contributed by atoms with E-state index < -0.39 is 10.0 Å². The molecule has 0 bridgehead atoms. The highest BCUT2D eigenvalue weighted by molar-refractivity contribution is 7.89. The van der Waals surface area contributed by atoms with Gasteiger partial charge in [0, 0.05) is 30.0 Å². The molecule has 0 saturated carbocycles. The van der Waals surface area contributed by atoms with Crippen molar-refractivity contribution < 1.29 is 8.42 Å². The first-order valence-electron chi connectivity index (χ1n) is 6.56. The van der Waals surface area contributed by atoms with E-state index in [0.29, 0.717) is 12.2 Å². The summed E-state index contributed by atoms with van der Waals surface area (Å²) in [7, 11) is -3.66. The Morgan fingerprint density at radius 3 is 2.76 bits per heavy atom. The molecule has 0 radical (unpaired) electrons. The van der Waals surface area contributed by atoms with Gasteiger partial charge in [0.15, 0.2) is 0 Å². The van der Waals surface area contributed by atoms with E-state index in [0.717, 1.165) is 9.88 Å². The number of nitrogens with one attached hydrogen (secondary N) is 2. The molecule has 2 N–H and O–H groups in total. The normalized spacial score (nSPS) is 13.1. The zero-order chi connectivity index (χ0) is 15.5. The summed E-state index contributed by atoms with van der Waals surface area (Å²) in [5.74, 6) is 0. The second-order valence-electron chi connectivity index (χ2n) is 4.55. The Bertz CT molecular complexity index is 712. The first-order valence-corrected chi connectivity index (χ1v) is 8.86. The predicted molar refractivity (Wildman–Crippen MR) is 84.0 cm³/mol. The maximum Gasteiger partial charge on any atom is 0.244 e. The smallest absolute Gasteiger partial charge is 0.244 e. The molecule has 0 aliphatic heterocycles. The highest BCUT2D eigenvalue weighted by atomic mass is 32.2. The molecule has 8 heteroatoms. The van der Waals surface area contributed by atoms with Gasteiger partial charge in [0.05, 0.1) is 11.7 Å². The zero-order valence-corrected chi connectivity index (χ0v) is 13.8. The van der Waals surface area contributed by atoms with E-state index in [-0.39, 0.29) is 10.9 Å². The lowest BCUT2D eigenvalue weighted by molar-refractivity contribution is 0.566. The van der Waals surface area contributed by atoms with Gasteiger partial charge in [-0.25, -0.2) is 18.1 Å². The molecule has 0 fully saturated rings. The lowest BCUT2D eigenvalue weighted by Crippen LogP contribution is -2.27. The van der Waals surface area contributed by atoms with Gasteiger partial charge in [0.2, 0.25) is 10.0 Å². The predicted octanol–water partition coefficient (Wildman–Crippen LogP) is 2.32. The molecule has 2 rings (SSSR count). The summed E-state index contributed by atoms with van der Waals surface area (Å²) < 4.78 is 27.6.